The number of nitrogens with one attached hydrogen (secondary N) is 1. The van der Waals surface area contributed by atoms with Crippen LogP contribution in [0.1, 0.15) is 0 Å². The van der Waals surface area contributed by atoms with Gasteiger partial charge in [-0.2, -0.15) is 0 Å². The molecule has 4 aromatic rings. The van der Waals surface area contributed by atoms with Gasteiger partial charge in [-0.15, -0.1) is 0 Å². The highest BCUT2D eigenvalue weighted by atomic mass is 19.1. The maximum Gasteiger partial charge on any atom is 0.511 e. The monoisotopic (exact) mass is 388 g/mol. The highest BCUT2D eigenvalue weighted by molar-refractivity contribution is 5.98. The van der Waals surface area contributed by atoms with Crippen LogP contribution in [0.3, 0.4) is 0 Å². The Morgan fingerprint density at radius 1 is 0.966 bits per heavy atom. The molecule has 29 heavy (non-hydrogen) atoms. The Balaban J connectivity index is 1.89. The molecule has 0 amide bonds. The molecule has 6 heteroatoms. The van der Waals surface area contributed by atoms with Crippen LogP contribution in [-0.4, -0.2) is 23.3 Å². The zero-order chi connectivity index (χ0) is 20.4. The predicted octanol–water partition coefficient (Wildman–Crippen LogP) is 5.81. The minimum Gasteiger partial charge on any atom is -0.449 e. The van der Waals surface area contributed by atoms with Crippen molar-refractivity contribution in [2.24, 2.45) is 0 Å². The molecule has 1 aromatic heterocycles. The molecule has 0 unspecified atom stereocenters. The lowest BCUT2D eigenvalue weighted by Gasteiger charge is -2.16. The molecule has 0 spiro atoms. The summed E-state index contributed by atoms with van der Waals surface area (Å²) >= 11 is 0. The summed E-state index contributed by atoms with van der Waals surface area (Å²) in [7, 11) is 1.64. The van der Waals surface area contributed by atoms with Crippen LogP contribution in [0.5, 0.6) is 5.75 Å². The Hall–Kier alpha value is -3.93. The zero-order valence-corrected chi connectivity index (χ0v) is 15.5. The van der Waals surface area contributed by atoms with E-state index in [1.165, 1.54) is 18.2 Å². The summed E-state index contributed by atoms with van der Waals surface area (Å²) in [6.45, 7) is 0. The number of pyridine rings is 1. The second kappa shape index (κ2) is 7.59. The van der Waals surface area contributed by atoms with Gasteiger partial charge >= 0.3 is 6.16 Å². The highest BCUT2D eigenvalue weighted by Crippen LogP contribution is 2.40. The van der Waals surface area contributed by atoms with Gasteiger partial charge in [0.25, 0.3) is 0 Å². The first-order valence-electron chi connectivity index (χ1n) is 8.94. The number of anilines is 1. The highest BCUT2D eigenvalue weighted by Gasteiger charge is 2.20. The van der Waals surface area contributed by atoms with E-state index in [0.717, 1.165) is 16.7 Å². The van der Waals surface area contributed by atoms with Gasteiger partial charge < -0.3 is 15.2 Å². The first-order valence-corrected chi connectivity index (χ1v) is 8.94. The van der Waals surface area contributed by atoms with Crippen LogP contribution in [0.4, 0.5) is 14.9 Å². The number of hydrogen-bond donors (Lipinski definition) is 2. The number of carboxylic acid groups (broad SMARTS) is 1. The van der Waals surface area contributed by atoms with Gasteiger partial charge in [0, 0.05) is 18.0 Å². The van der Waals surface area contributed by atoms with Crippen molar-refractivity contribution in [2.45, 2.75) is 0 Å². The average molecular weight is 388 g/mol. The number of hydrogen-bond acceptors (Lipinski definition) is 4. The molecular formula is C23H17FN2O3. The molecular weight excluding hydrogens is 371 g/mol. The van der Waals surface area contributed by atoms with E-state index in [9.17, 15) is 14.3 Å². The van der Waals surface area contributed by atoms with E-state index in [0.29, 0.717) is 16.9 Å². The number of benzene rings is 3. The molecule has 4 rings (SSSR count). The molecule has 0 aliphatic rings. The van der Waals surface area contributed by atoms with Crippen molar-refractivity contribution in [3.05, 3.63) is 78.6 Å². The first-order chi connectivity index (χ1) is 14.1. The maximum atomic E-state index is 13.8. The molecule has 0 bridgehead atoms. The lowest BCUT2D eigenvalue weighted by atomic mass is 10.0. The van der Waals surface area contributed by atoms with Crippen LogP contribution in [-0.2, 0) is 0 Å². The van der Waals surface area contributed by atoms with Crippen LogP contribution in [0.25, 0.3) is 33.3 Å². The molecule has 0 saturated heterocycles. The molecule has 0 fully saturated rings. The summed E-state index contributed by atoms with van der Waals surface area (Å²) in [5.41, 5.74) is 4.23. The van der Waals surface area contributed by atoms with E-state index >= 15 is 0 Å². The number of fused-ring (bicyclic) bond motifs is 1. The topological polar surface area (TPSA) is 71.5 Å². The standard InChI is InChI=1S/C23H17FN2O3/c1-25-21-20(16-9-7-15(8-10-16)14-5-3-2-4-6-14)26-19-12-11-17(24)13-18(19)22(21)29-23(27)28/h2-13,25H,1H3,(H,27,28). The third-order valence-corrected chi connectivity index (χ3v) is 4.60. The molecule has 0 aliphatic carbocycles. The summed E-state index contributed by atoms with van der Waals surface area (Å²) in [5.74, 6) is -0.483. The Bertz CT molecular complexity index is 1190. The third-order valence-electron chi connectivity index (χ3n) is 4.60. The van der Waals surface area contributed by atoms with Crippen LogP contribution in [0.15, 0.2) is 72.8 Å². The third kappa shape index (κ3) is 3.60. The Morgan fingerprint density at radius 2 is 1.62 bits per heavy atom. The van der Waals surface area contributed by atoms with Crippen molar-refractivity contribution in [3.8, 4) is 28.1 Å². The first kappa shape index (κ1) is 18.4. The van der Waals surface area contributed by atoms with Crippen molar-refractivity contribution >= 4 is 22.7 Å². The largest absolute Gasteiger partial charge is 0.511 e. The van der Waals surface area contributed by atoms with Gasteiger partial charge in [0.1, 0.15) is 11.5 Å². The molecule has 5 nitrogen and oxygen atoms in total. The molecule has 144 valence electrons. The normalized spacial score (nSPS) is 10.7. The van der Waals surface area contributed by atoms with Crippen LogP contribution in [0, 0.1) is 5.82 Å². The van der Waals surface area contributed by atoms with Crippen molar-refractivity contribution in [1.29, 1.82) is 0 Å². The Morgan fingerprint density at radius 3 is 2.28 bits per heavy atom. The fourth-order valence-electron chi connectivity index (χ4n) is 3.29. The smallest absolute Gasteiger partial charge is 0.449 e. The predicted molar refractivity (Wildman–Crippen MR) is 111 cm³/mol. The van der Waals surface area contributed by atoms with Crippen molar-refractivity contribution in [3.63, 3.8) is 0 Å². The molecule has 0 saturated carbocycles. The average Bonchev–Trinajstić information content (AvgIpc) is 2.74. The van der Waals surface area contributed by atoms with E-state index < -0.39 is 12.0 Å². The summed E-state index contributed by atoms with van der Waals surface area (Å²) < 4.78 is 18.8. The van der Waals surface area contributed by atoms with E-state index in [2.05, 4.69) is 10.3 Å². The lowest BCUT2D eigenvalue weighted by molar-refractivity contribution is 0.145. The van der Waals surface area contributed by atoms with E-state index in [1.54, 1.807) is 7.05 Å². The fraction of sp³-hybridized carbons (Fsp3) is 0.0435. The summed E-state index contributed by atoms with van der Waals surface area (Å²) in [6.07, 6.45) is -1.48. The van der Waals surface area contributed by atoms with Gasteiger partial charge in [0.05, 0.1) is 11.2 Å². The lowest BCUT2D eigenvalue weighted by Crippen LogP contribution is -2.08. The fourth-order valence-corrected chi connectivity index (χ4v) is 3.29. The van der Waals surface area contributed by atoms with Gasteiger partial charge in [0.2, 0.25) is 0 Å². The Kier molecular flexibility index (Phi) is 4.83. The summed E-state index contributed by atoms with van der Waals surface area (Å²) in [5, 5.41) is 12.4. The zero-order valence-electron chi connectivity index (χ0n) is 15.5. The molecule has 3 aromatic carbocycles. The van der Waals surface area contributed by atoms with Crippen LogP contribution >= 0.6 is 0 Å². The maximum absolute atomic E-state index is 13.8. The minimum absolute atomic E-state index is 0.0200. The van der Waals surface area contributed by atoms with E-state index in [1.807, 2.05) is 54.6 Å². The minimum atomic E-state index is -1.48. The number of aromatic nitrogens is 1. The number of carbonyl (C=O) groups is 1. The molecule has 0 aliphatic heterocycles. The van der Waals surface area contributed by atoms with Gasteiger partial charge in [-0.3, -0.25) is 0 Å². The van der Waals surface area contributed by atoms with E-state index in [-0.39, 0.29) is 11.1 Å². The van der Waals surface area contributed by atoms with E-state index in [4.69, 9.17) is 4.74 Å². The number of nitrogens with zero attached hydrogens (tertiary/aromatic N) is 1. The quantitative estimate of drug-likeness (QED) is 0.432. The second-order valence-electron chi connectivity index (χ2n) is 6.39. The van der Waals surface area contributed by atoms with Crippen molar-refractivity contribution in [2.75, 3.05) is 12.4 Å². The summed E-state index contributed by atoms with van der Waals surface area (Å²) in [6, 6.07) is 21.7. The van der Waals surface area contributed by atoms with Crippen molar-refractivity contribution in [1.82, 2.24) is 4.98 Å². The second-order valence-corrected chi connectivity index (χ2v) is 6.39. The number of halogens is 1. The summed E-state index contributed by atoms with van der Waals surface area (Å²) in [4.78, 5) is 15.9. The molecule has 0 atom stereocenters. The number of rotatable bonds is 4. The molecule has 2 N–H and O–H groups in total. The van der Waals surface area contributed by atoms with Gasteiger partial charge in [-0.25, -0.2) is 14.2 Å². The number of ether oxygens (including phenoxy) is 1. The van der Waals surface area contributed by atoms with Crippen LogP contribution < -0.4 is 10.1 Å². The SMILES string of the molecule is CNc1c(-c2ccc(-c3ccccc3)cc2)nc2ccc(F)cc2c1OC(=O)O. The Labute approximate surface area is 166 Å². The molecule has 1 heterocycles. The van der Waals surface area contributed by atoms with Gasteiger partial charge in [0.15, 0.2) is 5.75 Å². The van der Waals surface area contributed by atoms with Gasteiger partial charge in [-0.05, 0) is 29.3 Å². The van der Waals surface area contributed by atoms with Gasteiger partial charge in [-0.1, -0.05) is 54.6 Å². The van der Waals surface area contributed by atoms with Crippen LogP contribution in [0.2, 0.25) is 0 Å². The van der Waals surface area contributed by atoms with Crippen molar-refractivity contribution < 1.29 is 19.0 Å². The molecule has 0 radical (unpaired) electrons.